The van der Waals surface area contributed by atoms with Gasteiger partial charge in [0.25, 0.3) is 0 Å². The third-order valence-electron chi connectivity index (χ3n) is 3.82. The Morgan fingerprint density at radius 2 is 1.66 bits per heavy atom. The molecular weight excluding hydrogens is 412 g/mol. The molecule has 0 aliphatic carbocycles. The number of rotatable bonds is 8. The van der Waals surface area contributed by atoms with Crippen molar-refractivity contribution in [2.24, 2.45) is 17.2 Å². The number of benzene rings is 1. The number of aromatic nitrogens is 1. The van der Waals surface area contributed by atoms with Gasteiger partial charge in [0.1, 0.15) is 11.6 Å². The fraction of sp³-hybridized carbons (Fsp3) is 0.381. The van der Waals surface area contributed by atoms with E-state index in [0.29, 0.717) is 35.9 Å². The molecule has 11 nitrogen and oxygen atoms in total. The first kappa shape index (κ1) is 28.6. The van der Waals surface area contributed by atoms with Gasteiger partial charge in [0.2, 0.25) is 5.91 Å². The number of nitrogen functional groups attached to an aromatic ring is 3. The Kier molecular flexibility index (Phi) is 14.6. The van der Waals surface area contributed by atoms with Crippen LogP contribution < -0.4 is 44.5 Å². The van der Waals surface area contributed by atoms with Crippen LogP contribution in [0.2, 0.25) is 0 Å². The van der Waals surface area contributed by atoms with Gasteiger partial charge in [0.15, 0.2) is 5.75 Å². The average Bonchev–Trinajstić information content (AvgIpc) is 2.79. The van der Waals surface area contributed by atoms with Crippen molar-refractivity contribution in [1.82, 2.24) is 4.98 Å². The van der Waals surface area contributed by atoms with Crippen LogP contribution in [0.1, 0.15) is 33.1 Å². The Labute approximate surface area is 188 Å². The molecule has 13 N–H and O–H groups in total. The Morgan fingerprint density at radius 3 is 2.22 bits per heavy atom. The van der Waals surface area contributed by atoms with E-state index in [9.17, 15) is 9.59 Å². The van der Waals surface area contributed by atoms with Crippen LogP contribution >= 0.6 is 0 Å². The molecule has 0 aliphatic heterocycles. The number of esters is 1. The Bertz CT molecular complexity index is 832. The zero-order valence-electron chi connectivity index (χ0n) is 18.7. The number of unbranched alkanes of at least 4 members (excludes halogenated alkanes) is 1. The summed E-state index contributed by atoms with van der Waals surface area (Å²) in [7, 11) is 0. The molecule has 0 saturated heterocycles. The van der Waals surface area contributed by atoms with Crippen LogP contribution in [0.3, 0.4) is 0 Å². The number of para-hydroxylation sites is 2. The van der Waals surface area contributed by atoms with Crippen molar-refractivity contribution in [3.05, 3.63) is 36.4 Å². The number of hydrogen-bond acceptors (Lipinski definition) is 10. The molecule has 0 spiro atoms. The minimum absolute atomic E-state index is 0.145. The van der Waals surface area contributed by atoms with Crippen molar-refractivity contribution in [2.75, 3.05) is 35.6 Å². The second-order valence-corrected chi connectivity index (χ2v) is 6.27. The van der Waals surface area contributed by atoms with E-state index >= 15 is 0 Å². The van der Waals surface area contributed by atoms with Crippen molar-refractivity contribution < 1.29 is 14.3 Å². The van der Waals surface area contributed by atoms with E-state index in [1.54, 1.807) is 36.4 Å². The first-order valence-electron chi connectivity index (χ1n) is 10.3. The summed E-state index contributed by atoms with van der Waals surface area (Å²) >= 11 is 0. The summed E-state index contributed by atoms with van der Waals surface area (Å²) in [6, 6.07) is 9.35. The van der Waals surface area contributed by atoms with Crippen LogP contribution in [0, 0.1) is 0 Å². The van der Waals surface area contributed by atoms with Crippen LogP contribution in [-0.4, -0.2) is 36.0 Å². The summed E-state index contributed by atoms with van der Waals surface area (Å²) in [4.78, 5) is 26.4. The van der Waals surface area contributed by atoms with Crippen molar-refractivity contribution in [3.63, 3.8) is 0 Å². The van der Waals surface area contributed by atoms with E-state index < -0.39 is 12.0 Å². The largest absolute Gasteiger partial charge is 0.423 e. The predicted octanol–water partition coefficient (Wildman–Crippen LogP) is 0.800. The summed E-state index contributed by atoms with van der Waals surface area (Å²) in [6.07, 6.45) is 2.27. The van der Waals surface area contributed by atoms with E-state index in [1.165, 1.54) is 0 Å². The predicted molar refractivity (Wildman–Crippen MR) is 129 cm³/mol. The lowest BCUT2D eigenvalue weighted by Gasteiger charge is -2.12. The standard InChI is InChI=1S/C11H20N6O.C8H10N2O2.C2H6/c12-6-2-1-3-8(14)11(18)17-9-5-4-7(13)10(15)16-9;9-5-8(11)12-7-4-2-1-3-6(7)10;1-2/h4-5,8H,1-3,6,12-14H2,(H3,15,16,17,18);1-4H,5,9-10H2;1-2H3. The third-order valence-corrected chi connectivity index (χ3v) is 3.82. The summed E-state index contributed by atoms with van der Waals surface area (Å²) in [5.41, 5.74) is 33.5. The van der Waals surface area contributed by atoms with Crippen molar-refractivity contribution in [3.8, 4) is 5.75 Å². The molecule has 0 fully saturated rings. The minimum atomic E-state index is -0.572. The van der Waals surface area contributed by atoms with Crippen molar-refractivity contribution in [2.45, 2.75) is 39.2 Å². The highest BCUT2D eigenvalue weighted by atomic mass is 16.5. The highest BCUT2D eigenvalue weighted by molar-refractivity contribution is 5.94. The van der Waals surface area contributed by atoms with Gasteiger partial charge in [-0.2, -0.15) is 0 Å². The Morgan fingerprint density at radius 1 is 1.00 bits per heavy atom. The molecule has 1 heterocycles. The van der Waals surface area contributed by atoms with E-state index in [1.807, 2.05) is 13.8 Å². The molecule has 2 aromatic rings. The Balaban J connectivity index is 0.000000595. The molecule has 0 radical (unpaired) electrons. The maximum Gasteiger partial charge on any atom is 0.325 e. The van der Waals surface area contributed by atoms with Gasteiger partial charge < -0.3 is 44.5 Å². The molecule has 178 valence electrons. The highest BCUT2D eigenvalue weighted by Crippen LogP contribution is 2.19. The van der Waals surface area contributed by atoms with Crippen LogP contribution in [0.5, 0.6) is 5.75 Å². The number of ether oxygens (including phenoxy) is 1. The molecule has 0 aliphatic rings. The lowest BCUT2D eigenvalue weighted by molar-refractivity contribution is -0.132. The molecule has 0 bridgehead atoms. The number of nitrogens with zero attached hydrogens (tertiary/aromatic N) is 1. The van der Waals surface area contributed by atoms with Crippen LogP contribution in [0.4, 0.5) is 23.0 Å². The first-order chi connectivity index (χ1) is 15.3. The molecule has 1 unspecified atom stereocenters. The molecule has 2 rings (SSSR count). The van der Waals surface area contributed by atoms with E-state index in [-0.39, 0.29) is 18.3 Å². The number of hydrogen-bond donors (Lipinski definition) is 7. The molecule has 1 aromatic carbocycles. The SMILES string of the molecule is CC.NCC(=O)Oc1ccccc1N.NCCCCC(N)C(=O)Nc1ccc(N)c(N)n1. The fourth-order valence-corrected chi connectivity index (χ4v) is 2.15. The molecule has 32 heavy (non-hydrogen) atoms. The van der Waals surface area contributed by atoms with Gasteiger partial charge in [-0.1, -0.05) is 32.4 Å². The van der Waals surface area contributed by atoms with Gasteiger partial charge in [-0.05, 0) is 43.7 Å². The maximum atomic E-state index is 11.7. The number of anilines is 4. The second-order valence-electron chi connectivity index (χ2n) is 6.27. The van der Waals surface area contributed by atoms with Gasteiger partial charge in [-0.15, -0.1) is 0 Å². The molecule has 1 amide bonds. The van der Waals surface area contributed by atoms with Gasteiger partial charge in [-0.25, -0.2) is 4.98 Å². The lowest BCUT2D eigenvalue weighted by Crippen LogP contribution is -2.35. The topological polar surface area (TPSA) is 224 Å². The number of carbonyl (C=O) groups is 2. The summed E-state index contributed by atoms with van der Waals surface area (Å²) in [5.74, 6) is 0.107. The molecule has 1 atom stereocenters. The zero-order chi connectivity index (χ0) is 24.5. The van der Waals surface area contributed by atoms with Crippen LogP contribution in [0.25, 0.3) is 0 Å². The first-order valence-corrected chi connectivity index (χ1v) is 10.3. The summed E-state index contributed by atoms with van der Waals surface area (Å²) in [5, 5.41) is 2.59. The monoisotopic (exact) mass is 448 g/mol. The lowest BCUT2D eigenvalue weighted by atomic mass is 10.1. The van der Waals surface area contributed by atoms with Crippen LogP contribution in [-0.2, 0) is 9.59 Å². The quantitative estimate of drug-likeness (QED) is 0.130. The number of nitrogens with one attached hydrogen (secondary N) is 1. The molecular formula is C21H36N8O3. The highest BCUT2D eigenvalue weighted by Gasteiger charge is 2.13. The number of nitrogens with two attached hydrogens (primary N) is 6. The van der Waals surface area contributed by atoms with Gasteiger partial charge in [0.05, 0.1) is 24.0 Å². The summed E-state index contributed by atoms with van der Waals surface area (Å²) < 4.78 is 4.81. The smallest absolute Gasteiger partial charge is 0.325 e. The van der Waals surface area contributed by atoms with E-state index in [0.717, 1.165) is 12.8 Å². The Hall–Kier alpha value is -3.41. The van der Waals surface area contributed by atoms with Crippen molar-refractivity contribution in [1.29, 1.82) is 0 Å². The number of amides is 1. The van der Waals surface area contributed by atoms with E-state index in [4.69, 9.17) is 39.1 Å². The molecule has 11 heteroatoms. The summed E-state index contributed by atoms with van der Waals surface area (Å²) in [6.45, 7) is 4.46. The van der Waals surface area contributed by atoms with E-state index in [2.05, 4.69) is 10.3 Å². The van der Waals surface area contributed by atoms with Crippen LogP contribution in [0.15, 0.2) is 36.4 Å². The zero-order valence-corrected chi connectivity index (χ0v) is 18.7. The number of pyridine rings is 1. The normalized spacial score (nSPS) is 10.5. The van der Waals surface area contributed by atoms with Crippen molar-refractivity contribution >= 4 is 34.9 Å². The molecule has 1 aromatic heterocycles. The average molecular weight is 449 g/mol. The third kappa shape index (κ3) is 11.1. The fourth-order valence-electron chi connectivity index (χ4n) is 2.15. The second kappa shape index (κ2) is 16.3. The number of carbonyl (C=O) groups excluding carboxylic acids is 2. The molecule has 0 saturated carbocycles. The van der Waals surface area contributed by atoms with Gasteiger partial charge in [0, 0.05) is 0 Å². The van der Waals surface area contributed by atoms with Gasteiger partial charge >= 0.3 is 5.97 Å². The minimum Gasteiger partial charge on any atom is -0.423 e. The van der Waals surface area contributed by atoms with Gasteiger partial charge in [-0.3, -0.25) is 9.59 Å². The maximum absolute atomic E-state index is 11.7.